The summed E-state index contributed by atoms with van der Waals surface area (Å²) in [6.45, 7) is 0. The molecule has 2 aromatic heterocycles. The molecule has 0 fully saturated rings. The van der Waals surface area contributed by atoms with E-state index in [1.807, 2.05) is 24.3 Å². The van der Waals surface area contributed by atoms with E-state index >= 15 is 0 Å². The summed E-state index contributed by atoms with van der Waals surface area (Å²) in [4.78, 5) is 9.60. The van der Waals surface area contributed by atoms with Gasteiger partial charge in [0, 0.05) is 34.6 Å². The van der Waals surface area contributed by atoms with Crippen LogP contribution in [0.2, 0.25) is 0 Å². The van der Waals surface area contributed by atoms with Gasteiger partial charge >= 0.3 is 0 Å². The lowest BCUT2D eigenvalue weighted by atomic mass is 10.2. The van der Waals surface area contributed by atoms with Gasteiger partial charge in [0.15, 0.2) is 0 Å². The molecular formula is C12H10N2S2. The molecule has 2 aromatic rings. The molecule has 2 heterocycles. The van der Waals surface area contributed by atoms with Gasteiger partial charge in [-0.15, -0.1) is 25.3 Å². The third kappa shape index (κ3) is 2.46. The monoisotopic (exact) mass is 246 g/mol. The minimum absolute atomic E-state index is 0.830. The molecule has 0 aliphatic carbocycles. The van der Waals surface area contributed by atoms with Crippen molar-refractivity contribution in [2.75, 3.05) is 0 Å². The van der Waals surface area contributed by atoms with Crippen molar-refractivity contribution in [1.29, 1.82) is 0 Å². The van der Waals surface area contributed by atoms with Crippen LogP contribution < -0.4 is 0 Å². The van der Waals surface area contributed by atoms with Gasteiger partial charge < -0.3 is 0 Å². The molecule has 0 radical (unpaired) electrons. The molecule has 2 nitrogen and oxygen atoms in total. The standard InChI is InChI=1S/C12H10N2S2/c15-11(9-1-5-13-6-2-9)12(16)10-3-7-14-8-4-10/h1-8,15-16H/b12-11+. The van der Waals surface area contributed by atoms with Crippen LogP contribution in [0.1, 0.15) is 11.1 Å². The fourth-order valence-electron chi connectivity index (χ4n) is 1.29. The van der Waals surface area contributed by atoms with Crippen LogP contribution in [0.3, 0.4) is 0 Å². The lowest BCUT2D eigenvalue weighted by Gasteiger charge is -2.06. The summed E-state index contributed by atoms with van der Waals surface area (Å²) in [6.07, 6.45) is 6.94. The van der Waals surface area contributed by atoms with E-state index in [0.29, 0.717) is 0 Å². The molecule has 0 saturated carbocycles. The average Bonchev–Trinajstić information content (AvgIpc) is 2.39. The lowest BCUT2D eigenvalue weighted by Crippen LogP contribution is -1.83. The minimum atomic E-state index is 0.830. The molecule has 0 aromatic carbocycles. The first-order valence-electron chi connectivity index (χ1n) is 4.72. The van der Waals surface area contributed by atoms with E-state index in [1.165, 1.54) is 0 Å². The predicted molar refractivity (Wildman–Crippen MR) is 73.3 cm³/mol. The molecule has 0 aliphatic rings. The van der Waals surface area contributed by atoms with Crippen molar-refractivity contribution in [3.63, 3.8) is 0 Å². The first-order valence-corrected chi connectivity index (χ1v) is 5.61. The smallest absolute Gasteiger partial charge is 0.0274 e. The average molecular weight is 246 g/mol. The SMILES string of the molecule is S/C(=C(/S)c1ccncc1)c1ccncc1. The highest BCUT2D eigenvalue weighted by Crippen LogP contribution is 2.30. The highest BCUT2D eigenvalue weighted by molar-refractivity contribution is 7.96. The van der Waals surface area contributed by atoms with Gasteiger partial charge in [0.1, 0.15) is 0 Å². The number of pyridine rings is 2. The van der Waals surface area contributed by atoms with Crippen molar-refractivity contribution in [2.45, 2.75) is 0 Å². The van der Waals surface area contributed by atoms with E-state index in [1.54, 1.807) is 24.8 Å². The lowest BCUT2D eigenvalue weighted by molar-refractivity contribution is 1.32. The minimum Gasteiger partial charge on any atom is -0.265 e. The third-order valence-corrected chi connectivity index (χ3v) is 3.27. The van der Waals surface area contributed by atoms with Crippen LogP contribution >= 0.6 is 25.3 Å². The number of thiol groups is 2. The predicted octanol–water partition coefficient (Wildman–Crippen LogP) is 3.16. The highest BCUT2D eigenvalue weighted by Gasteiger charge is 2.04. The zero-order valence-corrected chi connectivity index (χ0v) is 10.2. The van der Waals surface area contributed by atoms with E-state index in [9.17, 15) is 0 Å². The third-order valence-electron chi connectivity index (χ3n) is 2.13. The van der Waals surface area contributed by atoms with Crippen LogP contribution in [0.4, 0.5) is 0 Å². The second-order valence-electron chi connectivity index (χ2n) is 3.17. The summed E-state index contributed by atoms with van der Waals surface area (Å²) >= 11 is 8.96. The molecule has 0 atom stereocenters. The van der Waals surface area contributed by atoms with E-state index < -0.39 is 0 Å². The molecule has 0 spiro atoms. The van der Waals surface area contributed by atoms with Gasteiger partial charge in [0.25, 0.3) is 0 Å². The van der Waals surface area contributed by atoms with Crippen molar-refractivity contribution < 1.29 is 0 Å². The van der Waals surface area contributed by atoms with Gasteiger partial charge in [-0.05, 0) is 35.4 Å². The molecule has 0 N–H and O–H groups in total. The van der Waals surface area contributed by atoms with Gasteiger partial charge in [-0.25, -0.2) is 0 Å². The van der Waals surface area contributed by atoms with Crippen molar-refractivity contribution in [2.24, 2.45) is 0 Å². The van der Waals surface area contributed by atoms with Gasteiger partial charge in [0.2, 0.25) is 0 Å². The Hall–Kier alpha value is -1.26. The fourth-order valence-corrected chi connectivity index (χ4v) is 1.85. The van der Waals surface area contributed by atoms with E-state index in [4.69, 9.17) is 0 Å². The zero-order chi connectivity index (χ0) is 11.4. The van der Waals surface area contributed by atoms with Crippen molar-refractivity contribution in [3.8, 4) is 0 Å². The van der Waals surface area contributed by atoms with Crippen molar-refractivity contribution in [1.82, 2.24) is 9.97 Å². The maximum atomic E-state index is 4.48. The van der Waals surface area contributed by atoms with E-state index in [2.05, 4.69) is 35.2 Å². The van der Waals surface area contributed by atoms with Gasteiger partial charge in [-0.1, -0.05) is 0 Å². The molecule has 2 rings (SSSR count). The Morgan fingerprint density at radius 2 is 1.00 bits per heavy atom. The van der Waals surface area contributed by atoms with Gasteiger partial charge in [0.05, 0.1) is 0 Å². The normalized spacial score (nSPS) is 12.1. The Bertz CT molecular complexity index is 447. The number of hydrogen-bond acceptors (Lipinski definition) is 4. The van der Waals surface area contributed by atoms with Crippen LogP contribution in [0.25, 0.3) is 9.81 Å². The maximum absolute atomic E-state index is 4.48. The van der Waals surface area contributed by atoms with E-state index in [-0.39, 0.29) is 0 Å². The molecule has 16 heavy (non-hydrogen) atoms. The first-order chi connectivity index (χ1) is 7.79. The van der Waals surface area contributed by atoms with E-state index in [0.717, 1.165) is 20.9 Å². The number of rotatable bonds is 2. The fraction of sp³-hybridized carbons (Fsp3) is 0. The number of nitrogens with zero attached hydrogens (tertiary/aromatic N) is 2. The highest BCUT2D eigenvalue weighted by atomic mass is 32.1. The molecule has 0 saturated heterocycles. The molecule has 0 unspecified atom stereocenters. The summed E-state index contributed by atoms with van der Waals surface area (Å²) in [5, 5.41) is 0. The van der Waals surface area contributed by atoms with Crippen molar-refractivity contribution >= 4 is 35.1 Å². The summed E-state index contributed by atoms with van der Waals surface area (Å²) in [6, 6.07) is 7.61. The number of hydrogen-bond donors (Lipinski definition) is 2. The summed E-state index contributed by atoms with van der Waals surface area (Å²) < 4.78 is 0. The first kappa shape index (κ1) is 11.2. The molecule has 4 heteroatoms. The van der Waals surface area contributed by atoms with Crippen LogP contribution in [-0.4, -0.2) is 9.97 Å². The summed E-state index contributed by atoms with van der Waals surface area (Å²) in [5.74, 6) is 0. The van der Waals surface area contributed by atoms with Crippen LogP contribution in [-0.2, 0) is 0 Å². The van der Waals surface area contributed by atoms with Crippen LogP contribution in [0.5, 0.6) is 0 Å². The van der Waals surface area contributed by atoms with Gasteiger partial charge in [-0.3, -0.25) is 9.97 Å². The Balaban J connectivity index is 2.43. The molecule has 0 aliphatic heterocycles. The second kappa shape index (κ2) is 5.18. The molecule has 0 amide bonds. The molecule has 80 valence electrons. The van der Waals surface area contributed by atoms with Crippen LogP contribution in [0.15, 0.2) is 49.1 Å². The number of aromatic nitrogens is 2. The zero-order valence-electron chi connectivity index (χ0n) is 8.41. The second-order valence-corrected chi connectivity index (χ2v) is 4.06. The van der Waals surface area contributed by atoms with Crippen molar-refractivity contribution in [3.05, 3.63) is 60.2 Å². The summed E-state index contributed by atoms with van der Waals surface area (Å²) in [7, 11) is 0. The molecular weight excluding hydrogens is 236 g/mol. The van der Waals surface area contributed by atoms with Gasteiger partial charge in [-0.2, -0.15) is 0 Å². The topological polar surface area (TPSA) is 25.8 Å². The largest absolute Gasteiger partial charge is 0.265 e. The quantitative estimate of drug-likeness (QED) is 0.796. The van der Waals surface area contributed by atoms with Crippen LogP contribution in [0, 0.1) is 0 Å². The Morgan fingerprint density at radius 1 is 0.688 bits per heavy atom. The summed E-state index contributed by atoms with van der Waals surface area (Å²) in [5.41, 5.74) is 2.00. The Morgan fingerprint density at radius 3 is 1.31 bits per heavy atom. The maximum Gasteiger partial charge on any atom is 0.0274 e. The Kier molecular flexibility index (Phi) is 3.64. The molecule has 0 bridgehead atoms. The Labute approximate surface area is 105 Å².